The van der Waals surface area contributed by atoms with Gasteiger partial charge in [-0.1, -0.05) is 0 Å². The lowest BCUT2D eigenvalue weighted by Gasteiger charge is -2.06. The van der Waals surface area contributed by atoms with Gasteiger partial charge in [-0.05, 0) is 32.7 Å². The van der Waals surface area contributed by atoms with E-state index >= 15 is 0 Å². The molecular weight excluding hydrogens is 302 g/mol. The van der Waals surface area contributed by atoms with Crippen LogP contribution in [0, 0.1) is 0 Å². The number of hydrogen-bond donors (Lipinski definition) is 1. The number of hydrogen-bond acceptors (Lipinski definition) is 7. The molecule has 7 heteroatoms. The highest BCUT2D eigenvalue weighted by Gasteiger charge is 2.03. The van der Waals surface area contributed by atoms with Crippen molar-refractivity contribution in [3.63, 3.8) is 0 Å². The van der Waals surface area contributed by atoms with Crippen molar-refractivity contribution in [2.24, 2.45) is 5.73 Å². The van der Waals surface area contributed by atoms with Crippen LogP contribution in [0.4, 0.5) is 0 Å². The van der Waals surface area contributed by atoms with Gasteiger partial charge in [0.25, 0.3) is 0 Å². The molecule has 0 aromatic carbocycles. The normalized spacial score (nSPS) is 10.9. The number of carbonyl (C=O) groups excluding carboxylic acids is 2. The molecule has 7 nitrogen and oxygen atoms in total. The molecule has 0 amide bonds. The van der Waals surface area contributed by atoms with Crippen LogP contribution in [0.3, 0.4) is 0 Å². The van der Waals surface area contributed by atoms with Gasteiger partial charge < -0.3 is 24.7 Å². The first-order chi connectivity index (χ1) is 11.2. The van der Waals surface area contributed by atoms with E-state index in [4.69, 9.17) is 24.7 Å². The smallest absolute Gasteiger partial charge is 0.158 e. The van der Waals surface area contributed by atoms with Crippen LogP contribution in [0.15, 0.2) is 0 Å². The second-order valence-electron chi connectivity index (χ2n) is 5.17. The third-order valence-electron chi connectivity index (χ3n) is 2.80. The van der Waals surface area contributed by atoms with Crippen molar-refractivity contribution in [1.82, 2.24) is 0 Å². The van der Waals surface area contributed by atoms with Crippen LogP contribution in [0.25, 0.3) is 0 Å². The SMILES string of the molecule is CC(=O)COCC(=O)CCCCOCCOCCOCCCN. The molecule has 0 rings (SSSR count). The van der Waals surface area contributed by atoms with Crippen LogP contribution in [0.5, 0.6) is 0 Å². The molecule has 0 radical (unpaired) electrons. The number of unbranched alkanes of at least 4 members (excludes halogenated alkanes) is 1. The summed E-state index contributed by atoms with van der Waals surface area (Å²) >= 11 is 0. The van der Waals surface area contributed by atoms with E-state index in [0.717, 1.165) is 19.3 Å². The van der Waals surface area contributed by atoms with Crippen molar-refractivity contribution >= 4 is 11.6 Å². The van der Waals surface area contributed by atoms with Gasteiger partial charge in [-0.3, -0.25) is 9.59 Å². The molecule has 0 aromatic rings. The summed E-state index contributed by atoms with van der Waals surface area (Å²) in [5, 5.41) is 0. The Morgan fingerprint density at radius 2 is 1.30 bits per heavy atom. The van der Waals surface area contributed by atoms with Crippen molar-refractivity contribution < 1.29 is 28.5 Å². The molecule has 2 N–H and O–H groups in total. The fourth-order valence-electron chi connectivity index (χ4n) is 1.63. The van der Waals surface area contributed by atoms with Crippen molar-refractivity contribution in [3.8, 4) is 0 Å². The number of ketones is 2. The zero-order chi connectivity index (χ0) is 17.2. The second kappa shape index (κ2) is 17.5. The molecule has 0 atom stereocenters. The Balaban J connectivity index is 3.12. The predicted molar refractivity (Wildman–Crippen MR) is 86.5 cm³/mol. The Hall–Kier alpha value is -0.860. The lowest BCUT2D eigenvalue weighted by atomic mass is 10.2. The maximum absolute atomic E-state index is 11.4. The molecule has 0 bridgehead atoms. The van der Waals surface area contributed by atoms with E-state index in [-0.39, 0.29) is 24.8 Å². The molecule has 0 aromatic heterocycles. The minimum atomic E-state index is -0.0736. The molecule has 0 fully saturated rings. The van der Waals surface area contributed by atoms with Crippen LogP contribution in [0.2, 0.25) is 0 Å². The molecule has 0 saturated heterocycles. The fraction of sp³-hybridized carbons (Fsp3) is 0.875. The average Bonchev–Trinajstić information content (AvgIpc) is 2.51. The van der Waals surface area contributed by atoms with Gasteiger partial charge in [-0.2, -0.15) is 0 Å². The van der Waals surface area contributed by atoms with Crippen LogP contribution in [-0.4, -0.2) is 71.0 Å². The van der Waals surface area contributed by atoms with Crippen molar-refractivity contribution in [3.05, 3.63) is 0 Å². The van der Waals surface area contributed by atoms with Crippen LogP contribution < -0.4 is 5.73 Å². The lowest BCUT2D eigenvalue weighted by Crippen LogP contribution is -2.13. The fourth-order valence-corrected chi connectivity index (χ4v) is 1.63. The topological polar surface area (TPSA) is 97.1 Å². The van der Waals surface area contributed by atoms with Crippen LogP contribution in [-0.2, 0) is 28.5 Å². The van der Waals surface area contributed by atoms with Gasteiger partial charge in [-0.15, -0.1) is 0 Å². The van der Waals surface area contributed by atoms with Gasteiger partial charge in [0.1, 0.15) is 13.2 Å². The van der Waals surface area contributed by atoms with Gasteiger partial charge in [0.2, 0.25) is 0 Å². The van der Waals surface area contributed by atoms with E-state index in [9.17, 15) is 9.59 Å². The average molecular weight is 333 g/mol. The molecule has 0 aliphatic rings. The predicted octanol–water partition coefficient (Wildman–Crippen LogP) is 0.730. The third kappa shape index (κ3) is 19.1. The molecule has 136 valence electrons. The molecule has 0 heterocycles. The zero-order valence-corrected chi connectivity index (χ0v) is 14.2. The van der Waals surface area contributed by atoms with Crippen molar-refractivity contribution in [2.75, 3.05) is 59.4 Å². The van der Waals surface area contributed by atoms with E-state index in [1.54, 1.807) is 0 Å². The van der Waals surface area contributed by atoms with Crippen LogP contribution >= 0.6 is 0 Å². The lowest BCUT2D eigenvalue weighted by molar-refractivity contribution is -0.127. The summed E-state index contributed by atoms with van der Waals surface area (Å²) in [5.74, 6) is -0.0558. The summed E-state index contributed by atoms with van der Waals surface area (Å²) in [5.41, 5.74) is 5.34. The zero-order valence-electron chi connectivity index (χ0n) is 14.2. The van der Waals surface area contributed by atoms with Gasteiger partial charge in [0.15, 0.2) is 11.6 Å². The van der Waals surface area contributed by atoms with Crippen LogP contribution in [0.1, 0.15) is 32.6 Å². The summed E-state index contributed by atoms with van der Waals surface area (Å²) in [6.45, 7) is 5.60. The Labute approximate surface area is 138 Å². The van der Waals surface area contributed by atoms with Crippen molar-refractivity contribution in [1.29, 1.82) is 0 Å². The third-order valence-corrected chi connectivity index (χ3v) is 2.80. The van der Waals surface area contributed by atoms with E-state index in [2.05, 4.69) is 0 Å². The summed E-state index contributed by atoms with van der Waals surface area (Å²) in [6.07, 6.45) is 2.91. The molecule has 23 heavy (non-hydrogen) atoms. The summed E-state index contributed by atoms with van der Waals surface area (Å²) in [6, 6.07) is 0. The standard InChI is InChI=1S/C16H31NO6/c1-15(18)13-23-14-16(19)5-2-3-7-20-9-11-22-12-10-21-8-4-6-17/h2-14,17H2,1H3. The van der Waals surface area contributed by atoms with Crippen molar-refractivity contribution in [2.45, 2.75) is 32.6 Å². The minimum absolute atomic E-state index is 0.00686. The van der Waals surface area contributed by atoms with E-state index in [0.29, 0.717) is 52.6 Å². The summed E-state index contributed by atoms with van der Waals surface area (Å²) < 4.78 is 21.0. The molecule has 0 aliphatic carbocycles. The Bertz CT molecular complexity index is 298. The Kier molecular flexibility index (Phi) is 16.8. The minimum Gasteiger partial charge on any atom is -0.379 e. The van der Waals surface area contributed by atoms with E-state index in [1.165, 1.54) is 6.92 Å². The molecular formula is C16H31NO6. The quantitative estimate of drug-likeness (QED) is 0.369. The van der Waals surface area contributed by atoms with E-state index in [1.807, 2.05) is 0 Å². The van der Waals surface area contributed by atoms with Gasteiger partial charge in [0, 0.05) is 19.6 Å². The monoisotopic (exact) mass is 333 g/mol. The first-order valence-electron chi connectivity index (χ1n) is 8.19. The number of carbonyl (C=O) groups is 2. The van der Waals surface area contributed by atoms with E-state index < -0.39 is 0 Å². The molecule has 0 spiro atoms. The molecule has 0 aliphatic heterocycles. The number of nitrogens with two attached hydrogens (primary N) is 1. The van der Waals surface area contributed by atoms with Gasteiger partial charge in [0.05, 0.1) is 26.4 Å². The Morgan fingerprint density at radius 1 is 0.739 bits per heavy atom. The summed E-state index contributed by atoms with van der Waals surface area (Å²) in [7, 11) is 0. The molecule has 0 saturated carbocycles. The Morgan fingerprint density at radius 3 is 1.87 bits per heavy atom. The van der Waals surface area contributed by atoms with Gasteiger partial charge >= 0.3 is 0 Å². The highest BCUT2D eigenvalue weighted by Crippen LogP contribution is 1.98. The molecule has 0 unspecified atom stereocenters. The first kappa shape index (κ1) is 22.1. The highest BCUT2D eigenvalue weighted by molar-refractivity contribution is 5.80. The van der Waals surface area contributed by atoms with Gasteiger partial charge in [-0.25, -0.2) is 0 Å². The first-order valence-corrected chi connectivity index (χ1v) is 8.19. The maximum Gasteiger partial charge on any atom is 0.158 e. The highest BCUT2D eigenvalue weighted by atomic mass is 16.5. The number of ether oxygens (including phenoxy) is 4. The largest absolute Gasteiger partial charge is 0.379 e. The maximum atomic E-state index is 11.4. The summed E-state index contributed by atoms with van der Waals surface area (Å²) in [4.78, 5) is 22.0. The number of Topliss-reactive ketones (excluding diaryl/α,β-unsaturated/α-hetero) is 2. The number of rotatable bonds is 18. The second-order valence-corrected chi connectivity index (χ2v) is 5.17.